The molecule has 5 nitrogen and oxygen atoms in total. The molecule has 0 aliphatic carbocycles. The molecule has 1 aliphatic rings. The lowest BCUT2D eigenvalue weighted by molar-refractivity contribution is 0.0600. The quantitative estimate of drug-likeness (QED) is 0.220. The van der Waals surface area contributed by atoms with Gasteiger partial charge < -0.3 is 9.64 Å². The van der Waals surface area contributed by atoms with Crippen LogP contribution in [-0.4, -0.2) is 36.9 Å². The number of benzodiazepines with no additional fused rings is 1. The zero-order valence-corrected chi connectivity index (χ0v) is 23.1. The Hall–Kier alpha value is -3.74. The normalized spacial score (nSPS) is 13.1. The van der Waals surface area contributed by atoms with E-state index in [1.165, 1.54) is 7.11 Å². The third-order valence-corrected chi connectivity index (χ3v) is 7.11. The number of ether oxygens (including phenoxy) is 1. The molecule has 0 amide bonds. The standard InChI is InChI=1S/C31H25BrClN3O2/c1-38-31(37)22-7-5-21(6-8-22)20-36-16-15-35-29(28-11-10-26(33)18-30(28)36)12-9-24-19-34-14-13-27(24)23-3-2-4-25(32)17-23/h2-14,17-19H,15-16,20H2,1H3. The van der Waals surface area contributed by atoms with Crippen molar-refractivity contribution in [3.8, 4) is 11.1 Å². The highest BCUT2D eigenvalue weighted by atomic mass is 79.9. The minimum Gasteiger partial charge on any atom is -0.465 e. The number of allylic oxidation sites excluding steroid dienone is 1. The molecule has 190 valence electrons. The average Bonchev–Trinajstić information content (AvgIpc) is 3.10. The van der Waals surface area contributed by atoms with Gasteiger partial charge in [0, 0.05) is 51.8 Å². The third kappa shape index (κ3) is 5.87. The van der Waals surface area contributed by atoms with Crippen molar-refractivity contribution in [1.82, 2.24) is 4.98 Å². The Kier molecular flexibility index (Phi) is 8.01. The SMILES string of the molecule is COC(=O)c1ccc(CN2CCN=C(C=Cc3cnccc3-c3cccc(Br)c3)c3ccc(Cl)cc32)cc1. The topological polar surface area (TPSA) is 54.8 Å². The number of anilines is 1. The highest BCUT2D eigenvalue weighted by Gasteiger charge is 2.19. The zero-order valence-electron chi connectivity index (χ0n) is 20.8. The Morgan fingerprint density at radius 2 is 1.89 bits per heavy atom. The number of fused-ring (bicyclic) bond motifs is 1. The summed E-state index contributed by atoms with van der Waals surface area (Å²) in [6.45, 7) is 2.04. The van der Waals surface area contributed by atoms with Gasteiger partial charge in [-0.1, -0.05) is 57.9 Å². The summed E-state index contributed by atoms with van der Waals surface area (Å²) < 4.78 is 5.84. The molecule has 2 heterocycles. The molecule has 7 heteroatoms. The summed E-state index contributed by atoms with van der Waals surface area (Å²) >= 11 is 10.0. The Labute approximate surface area is 235 Å². The Balaban J connectivity index is 1.44. The predicted molar refractivity (Wildman–Crippen MR) is 158 cm³/mol. The van der Waals surface area contributed by atoms with Gasteiger partial charge in [-0.3, -0.25) is 9.98 Å². The highest BCUT2D eigenvalue weighted by molar-refractivity contribution is 9.10. The van der Waals surface area contributed by atoms with Crippen LogP contribution in [0.15, 0.2) is 101 Å². The van der Waals surface area contributed by atoms with E-state index in [1.54, 1.807) is 12.1 Å². The van der Waals surface area contributed by atoms with Gasteiger partial charge in [-0.05, 0) is 71.3 Å². The van der Waals surface area contributed by atoms with Gasteiger partial charge in [0.1, 0.15) is 0 Å². The number of carbonyl (C=O) groups is 1. The summed E-state index contributed by atoms with van der Waals surface area (Å²) in [5.74, 6) is -0.343. The van der Waals surface area contributed by atoms with Gasteiger partial charge in [-0.15, -0.1) is 0 Å². The number of benzene rings is 3. The molecule has 0 unspecified atom stereocenters. The summed E-state index contributed by atoms with van der Waals surface area (Å²) in [4.78, 5) is 23.4. The summed E-state index contributed by atoms with van der Waals surface area (Å²) in [5, 5.41) is 0.671. The number of aromatic nitrogens is 1. The van der Waals surface area contributed by atoms with Crippen molar-refractivity contribution in [2.75, 3.05) is 25.1 Å². The maximum atomic E-state index is 11.8. The number of halogens is 2. The summed E-state index contributed by atoms with van der Waals surface area (Å²) in [7, 11) is 1.38. The van der Waals surface area contributed by atoms with Crippen LogP contribution >= 0.6 is 27.5 Å². The molecule has 3 aromatic carbocycles. The fourth-order valence-electron chi connectivity index (χ4n) is 4.50. The van der Waals surface area contributed by atoms with Gasteiger partial charge in [0.15, 0.2) is 0 Å². The van der Waals surface area contributed by atoms with Crippen LogP contribution in [0.2, 0.25) is 5.02 Å². The number of hydrogen-bond acceptors (Lipinski definition) is 5. The first-order valence-electron chi connectivity index (χ1n) is 12.2. The van der Waals surface area contributed by atoms with E-state index in [0.717, 1.165) is 50.2 Å². The molecular weight excluding hydrogens is 562 g/mol. The summed E-state index contributed by atoms with van der Waals surface area (Å²) in [6, 6.07) is 23.7. The van der Waals surface area contributed by atoms with Gasteiger partial charge in [-0.25, -0.2) is 4.79 Å². The van der Waals surface area contributed by atoms with Gasteiger partial charge >= 0.3 is 5.97 Å². The van der Waals surface area contributed by atoms with Crippen LogP contribution in [0.25, 0.3) is 17.2 Å². The molecule has 0 radical (unpaired) electrons. The number of carbonyl (C=O) groups excluding carboxylic acids is 1. The number of esters is 1. The van der Waals surface area contributed by atoms with Crippen LogP contribution in [0, 0.1) is 0 Å². The third-order valence-electron chi connectivity index (χ3n) is 6.39. The van der Waals surface area contributed by atoms with Crippen molar-refractivity contribution in [3.05, 3.63) is 123 Å². The van der Waals surface area contributed by atoms with Crippen LogP contribution in [0.3, 0.4) is 0 Å². The second kappa shape index (κ2) is 11.8. The Morgan fingerprint density at radius 3 is 2.68 bits per heavy atom. The van der Waals surface area contributed by atoms with Crippen LogP contribution in [0.5, 0.6) is 0 Å². The first-order chi connectivity index (χ1) is 18.5. The molecule has 0 saturated carbocycles. The van der Waals surface area contributed by atoms with E-state index in [-0.39, 0.29) is 5.97 Å². The molecule has 0 atom stereocenters. The fraction of sp³-hybridized carbons (Fsp3) is 0.129. The van der Waals surface area contributed by atoms with Crippen LogP contribution < -0.4 is 4.90 Å². The van der Waals surface area contributed by atoms with Crippen LogP contribution in [0.4, 0.5) is 5.69 Å². The monoisotopic (exact) mass is 585 g/mol. The largest absolute Gasteiger partial charge is 0.465 e. The zero-order chi connectivity index (χ0) is 26.5. The van der Waals surface area contributed by atoms with E-state index < -0.39 is 0 Å². The summed E-state index contributed by atoms with van der Waals surface area (Å²) in [5.41, 5.74) is 7.76. The molecule has 4 aromatic rings. The second-order valence-electron chi connectivity index (χ2n) is 8.85. The van der Waals surface area contributed by atoms with E-state index in [2.05, 4.69) is 50.1 Å². The van der Waals surface area contributed by atoms with Gasteiger partial charge in [0.25, 0.3) is 0 Å². The molecule has 0 fully saturated rings. The summed E-state index contributed by atoms with van der Waals surface area (Å²) in [6.07, 6.45) is 7.81. The van der Waals surface area contributed by atoms with E-state index in [9.17, 15) is 4.79 Å². The molecular formula is C31H25BrClN3O2. The molecule has 0 N–H and O–H groups in total. The molecule has 5 rings (SSSR count). The lowest BCUT2D eigenvalue weighted by atomic mass is 10.00. The van der Waals surface area contributed by atoms with Crippen LogP contribution in [0.1, 0.15) is 27.0 Å². The maximum Gasteiger partial charge on any atom is 0.337 e. The molecule has 0 bridgehead atoms. The van der Waals surface area contributed by atoms with Gasteiger partial charge in [-0.2, -0.15) is 0 Å². The second-order valence-corrected chi connectivity index (χ2v) is 10.2. The van der Waals surface area contributed by atoms with Crippen molar-refractivity contribution in [2.24, 2.45) is 4.99 Å². The highest BCUT2D eigenvalue weighted by Crippen LogP contribution is 2.31. The molecule has 1 aliphatic heterocycles. The average molecular weight is 587 g/mol. The van der Waals surface area contributed by atoms with E-state index in [4.69, 9.17) is 21.3 Å². The van der Waals surface area contributed by atoms with Crippen molar-refractivity contribution < 1.29 is 9.53 Å². The van der Waals surface area contributed by atoms with Crippen molar-refractivity contribution in [2.45, 2.75) is 6.54 Å². The van der Waals surface area contributed by atoms with Crippen molar-refractivity contribution in [3.63, 3.8) is 0 Å². The number of aliphatic imine (C=N–C) groups is 1. The fourth-order valence-corrected chi connectivity index (χ4v) is 5.06. The number of rotatable bonds is 6. The number of pyridine rings is 1. The smallest absolute Gasteiger partial charge is 0.337 e. The van der Waals surface area contributed by atoms with Gasteiger partial charge in [0.2, 0.25) is 0 Å². The van der Waals surface area contributed by atoms with Crippen molar-refractivity contribution >= 4 is 51.0 Å². The Morgan fingerprint density at radius 1 is 1.05 bits per heavy atom. The number of nitrogens with zero attached hydrogens (tertiary/aromatic N) is 3. The van der Waals surface area contributed by atoms with Gasteiger partial charge in [0.05, 0.1) is 24.9 Å². The van der Waals surface area contributed by atoms with E-state index in [0.29, 0.717) is 23.7 Å². The number of methoxy groups -OCH3 is 1. The molecule has 1 aromatic heterocycles. The lowest BCUT2D eigenvalue weighted by Crippen LogP contribution is -2.25. The molecule has 0 saturated heterocycles. The Bertz CT molecular complexity index is 1530. The van der Waals surface area contributed by atoms with Crippen LogP contribution in [-0.2, 0) is 11.3 Å². The first-order valence-corrected chi connectivity index (χ1v) is 13.3. The maximum absolute atomic E-state index is 11.8. The minimum absolute atomic E-state index is 0.343. The number of hydrogen-bond donors (Lipinski definition) is 0. The molecule has 0 spiro atoms. The first kappa shape index (κ1) is 25.9. The minimum atomic E-state index is -0.343. The lowest BCUT2D eigenvalue weighted by Gasteiger charge is -2.25. The van der Waals surface area contributed by atoms with E-state index >= 15 is 0 Å². The predicted octanol–water partition coefficient (Wildman–Crippen LogP) is 7.47. The van der Waals surface area contributed by atoms with E-state index in [1.807, 2.05) is 60.9 Å². The molecule has 38 heavy (non-hydrogen) atoms. The van der Waals surface area contributed by atoms with Crippen molar-refractivity contribution in [1.29, 1.82) is 0 Å².